The van der Waals surface area contributed by atoms with E-state index in [1.54, 1.807) is 6.20 Å². The van der Waals surface area contributed by atoms with Gasteiger partial charge in [-0.1, -0.05) is 11.6 Å². The molecule has 0 atom stereocenters. The van der Waals surface area contributed by atoms with Crippen LogP contribution in [0, 0.1) is 6.92 Å². The van der Waals surface area contributed by atoms with Crippen molar-refractivity contribution in [3.05, 3.63) is 36.0 Å². The molecule has 1 aromatic carbocycles. The second kappa shape index (κ2) is 4.41. The fourth-order valence-corrected chi connectivity index (χ4v) is 1.81. The van der Waals surface area contributed by atoms with Gasteiger partial charge in [0.05, 0.1) is 11.9 Å². The second-order valence-electron chi connectivity index (χ2n) is 4.04. The number of aliphatic carboxylic acids is 1. The van der Waals surface area contributed by atoms with Crippen LogP contribution in [0.4, 0.5) is 0 Å². The Morgan fingerprint density at radius 3 is 2.71 bits per heavy atom. The third-order valence-electron chi connectivity index (χ3n) is 2.67. The van der Waals surface area contributed by atoms with Crippen molar-refractivity contribution in [3.63, 3.8) is 0 Å². The smallest absolute Gasteiger partial charge is 0.303 e. The van der Waals surface area contributed by atoms with Crippen molar-refractivity contribution in [3.8, 4) is 0 Å². The van der Waals surface area contributed by atoms with Crippen molar-refractivity contribution in [1.82, 2.24) is 4.57 Å². The number of rotatable bonds is 3. The van der Waals surface area contributed by atoms with Gasteiger partial charge in [-0.3, -0.25) is 14.2 Å². The lowest BCUT2D eigenvalue weighted by molar-refractivity contribution is -0.136. The Bertz CT molecular complexity index is 583. The Morgan fingerprint density at radius 1 is 1.24 bits per heavy atom. The number of benzene rings is 1. The molecule has 0 amide bonds. The van der Waals surface area contributed by atoms with Gasteiger partial charge in [-0.15, -0.1) is 0 Å². The summed E-state index contributed by atoms with van der Waals surface area (Å²) in [6.07, 6.45) is 1.58. The maximum absolute atomic E-state index is 11.8. The van der Waals surface area contributed by atoms with Gasteiger partial charge in [0, 0.05) is 18.0 Å². The third-order valence-corrected chi connectivity index (χ3v) is 2.67. The summed E-state index contributed by atoms with van der Waals surface area (Å²) >= 11 is 0. The van der Waals surface area contributed by atoms with E-state index in [2.05, 4.69) is 0 Å². The van der Waals surface area contributed by atoms with Crippen molar-refractivity contribution in [1.29, 1.82) is 0 Å². The number of fused-ring (bicyclic) bond motifs is 1. The Balaban J connectivity index is 2.29. The first kappa shape index (κ1) is 11.4. The van der Waals surface area contributed by atoms with Crippen LogP contribution in [0.2, 0.25) is 0 Å². The minimum absolute atomic E-state index is 0.0208. The van der Waals surface area contributed by atoms with Crippen LogP contribution in [0.1, 0.15) is 23.2 Å². The topological polar surface area (TPSA) is 59.3 Å². The predicted molar refractivity (Wildman–Crippen MR) is 64.2 cm³/mol. The average molecular weight is 231 g/mol. The lowest BCUT2D eigenvalue weighted by Crippen LogP contribution is -2.11. The zero-order valence-corrected chi connectivity index (χ0v) is 9.51. The van der Waals surface area contributed by atoms with Gasteiger partial charge in [-0.2, -0.15) is 0 Å². The molecule has 1 heterocycles. The number of carbonyl (C=O) groups is 2. The molecule has 4 heteroatoms. The number of hydrogen-bond donors (Lipinski definition) is 1. The average Bonchev–Trinajstić information content (AvgIpc) is 2.68. The molecule has 2 aromatic rings. The molecule has 2 rings (SSSR count). The number of aromatic nitrogens is 1. The highest BCUT2D eigenvalue weighted by molar-refractivity contribution is 5.93. The van der Waals surface area contributed by atoms with Gasteiger partial charge >= 0.3 is 5.97 Å². The molecule has 1 N–H and O–H groups in total. The number of nitrogens with zero attached hydrogens (tertiary/aromatic N) is 1. The summed E-state index contributed by atoms with van der Waals surface area (Å²) in [4.78, 5) is 22.2. The first-order valence-corrected chi connectivity index (χ1v) is 5.40. The van der Waals surface area contributed by atoms with E-state index in [0.29, 0.717) is 0 Å². The summed E-state index contributed by atoms with van der Waals surface area (Å²) in [5.74, 6) is -1.14. The summed E-state index contributed by atoms with van der Waals surface area (Å²) < 4.78 is 1.51. The van der Waals surface area contributed by atoms with Crippen LogP contribution in [-0.2, 0) is 4.79 Å². The zero-order valence-electron chi connectivity index (χ0n) is 9.51. The van der Waals surface area contributed by atoms with Crippen LogP contribution in [0.25, 0.3) is 10.9 Å². The van der Waals surface area contributed by atoms with Crippen LogP contribution < -0.4 is 0 Å². The summed E-state index contributed by atoms with van der Waals surface area (Å²) in [6, 6.07) is 7.67. The van der Waals surface area contributed by atoms with E-state index in [1.165, 1.54) is 4.57 Å². The Hall–Kier alpha value is -2.10. The molecule has 0 bridgehead atoms. The highest BCUT2D eigenvalue weighted by Gasteiger charge is 2.10. The lowest BCUT2D eigenvalue weighted by Gasteiger charge is -2.03. The van der Waals surface area contributed by atoms with E-state index in [9.17, 15) is 9.59 Å². The minimum atomic E-state index is -0.953. The fraction of sp³-hybridized carbons (Fsp3) is 0.231. The molecule has 0 spiro atoms. The highest BCUT2D eigenvalue weighted by atomic mass is 16.4. The van der Waals surface area contributed by atoms with Crippen LogP contribution in [0.5, 0.6) is 0 Å². The third kappa shape index (κ3) is 2.36. The van der Waals surface area contributed by atoms with Gasteiger partial charge in [-0.05, 0) is 25.1 Å². The predicted octanol–water partition coefficient (Wildman–Crippen LogP) is 2.45. The maximum Gasteiger partial charge on any atom is 0.303 e. The van der Waals surface area contributed by atoms with E-state index < -0.39 is 5.97 Å². The van der Waals surface area contributed by atoms with Crippen LogP contribution in [0.3, 0.4) is 0 Å². The molecule has 0 aliphatic heterocycles. The number of carboxylic acid groups (broad SMARTS) is 1. The van der Waals surface area contributed by atoms with Gasteiger partial charge in [-0.25, -0.2) is 0 Å². The Labute approximate surface area is 98.5 Å². The fourth-order valence-electron chi connectivity index (χ4n) is 1.81. The van der Waals surface area contributed by atoms with Gasteiger partial charge in [0.2, 0.25) is 5.91 Å². The molecular formula is C13H13NO3. The molecule has 0 saturated carbocycles. The molecule has 0 fully saturated rings. The van der Waals surface area contributed by atoms with Crippen LogP contribution in [0.15, 0.2) is 30.5 Å². The first-order chi connectivity index (χ1) is 8.08. The zero-order chi connectivity index (χ0) is 12.4. The van der Waals surface area contributed by atoms with E-state index >= 15 is 0 Å². The van der Waals surface area contributed by atoms with Crippen molar-refractivity contribution >= 4 is 22.8 Å². The molecule has 0 saturated heterocycles. The van der Waals surface area contributed by atoms with Gasteiger partial charge in [0.25, 0.3) is 0 Å². The van der Waals surface area contributed by atoms with E-state index in [0.717, 1.165) is 16.5 Å². The first-order valence-electron chi connectivity index (χ1n) is 5.40. The molecular weight excluding hydrogens is 218 g/mol. The standard InChI is InChI=1S/C13H13NO3/c1-9-2-3-11-10(8-9)6-7-14(11)12(15)4-5-13(16)17/h2-3,6-8H,4-5H2,1H3,(H,16,17). The summed E-state index contributed by atoms with van der Waals surface area (Å²) in [5, 5.41) is 9.54. The lowest BCUT2D eigenvalue weighted by atomic mass is 10.2. The number of carboxylic acids is 1. The molecule has 0 aliphatic rings. The summed E-state index contributed by atoms with van der Waals surface area (Å²) in [5.41, 5.74) is 1.96. The Kier molecular flexibility index (Phi) is 2.95. The molecule has 0 radical (unpaired) electrons. The molecule has 1 aromatic heterocycles. The van der Waals surface area contributed by atoms with E-state index in [4.69, 9.17) is 5.11 Å². The van der Waals surface area contributed by atoms with Crippen LogP contribution in [-0.4, -0.2) is 21.6 Å². The monoisotopic (exact) mass is 231 g/mol. The number of hydrogen-bond acceptors (Lipinski definition) is 2. The van der Waals surface area contributed by atoms with Gasteiger partial charge in [0.15, 0.2) is 0 Å². The number of carbonyl (C=O) groups excluding carboxylic acids is 1. The summed E-state index contributed by atoms with van der Waals surface area (Å²) in [7, 11) is 0. The number of aryl methyl sites for hydroxylation is 1. The molecule has 0 unspecified atom stereocenters. The van der Waals surface area contributed by atoms with Crippen molar-refractivity contribution in [2.75, 3.05) is 0 Å². The minimum Gasteiger partial charge on any atom is -0.481 e. The van der Waals surface area contributed by atoms with E-state index in [1.807, 2.05) is 31.2 Å². The normalized spacial score (nSPS) is 10.6. The van der Waals surface area contributed by atoms with Crippen molar-refractivity contribution in [2.45, 2.75) is 19.8 Å². The highest BCUT2D eigenvalue weighted by Crippen LogP contribution is 2.17. The molecule has 0 aliphatic carbocycles. The molecule has 88 valence electrons. The Morgan fingerprint density at radius 2 is 2.00 bits per heavy atom. The molecule has 4 nitrogen and oxygen atoms in total. The largest absolute Gasteiger partial charge is 0.481 e. The summed E-state index contributed by atoms with van der Waals surface area (Å²) in [6.45, 7) is 1.99. The maximum atomic E-state index is 11.8. The van der Waals surface area contributed by atoms with Crippen LogP contribution >= 0.6 is 0 Å². The second-order valence-corrected chi connectivity index (χ2v) is 4.04. The molecule has 17 heavy (non-hydrogen) atoms. The van der Waals surface area contributed by atoms with E-state index in [-0.39, 0.29) is 18.7 Å². The van der Waals surface area contributed by atoms with Crippen molar-refractivity contribution in [2.24, 2.45) is 0 Å². The SMILES string of the molecule is Cc1ccc2c(ccn2C(=O)CCC(=O)O)c1. The van der Waals surface area contributed by atoms with Crippen molar-refractivity contribution < 1.29 is 14.7 Å². The van der Waals surface area contributed by atoms with Gasteiger partial charge < -0.3 is 5.11 Å². The quantitative estimate of drug-likeness (QED) is 0.882. The van der Waals surface area contributed by atoms with Gasteiger partial charge in [0.1, 0.15) is 0 Å².